The van der Waals surface area contributed by atoms with Gasteiger partial charge in [-0.25, -0.2) is 0 Å². The molecule has 0 fully saturated rings. The van der Waals surface area contributed by atoms with E-state index < -0.39 is 12.1 Å². The van der Waals surface area contributed by atoms with Gasteiger partial charge in [-0.05, 0) is 30.0 Å². The van der Waals surface area contributed by atoms with Gasteiger partial charge in [-0.3, -0.25) is 14.4 Å². The Hall–Kier alpha value is -2.95. The third-order valence-electron chi connectivity index (χ3n) is 4.14. The number of amides is 1. The fourth-order valence-electron chi connectivity index (χ4n) is 2.51. The van der Waals surface area contributed by atoms with Gasteiger partial charge in [0.2, 0.25) is 5.78 Å². The van der Waals surface area contributed by atoms with Crippen LogP contribution in [-0.2, 0) is 14.9 Å². The van der Waals surface area contributed by atoms with E-state index in [2.05, 4.69) is 26.1 Å². The molecule has 2 aromatic carbocycles. The Labute approximate surface area is 159 Å². The molecule has 1 atom stereocenters. The van der Waals surface area contributed by atoms with Crippen LogP contribution in [0.4, 0.5) is 0 Å². The molecule has 1 unspecified atom stereocenters. The van der Waals surface area contributed by atoms with E-state index in [1.165, 1.54) is 6.92 Å². The number of benzene rings is 2. The molecule has 5 nitrogen and oxygen atoms in total. The summed E-state index contributed by atoms with van der Waals surface area (Å²) in [6, 6.07) is 15.9. The Bertz CT molecular complexity index is 804. The molecule has 2 aromatic rings. The maximum Gasteiger partial charge on any atom is 0.326 e. The van der Waals surface area contributed by atoms with Crippen molar-refractivity contribution in [2.75, 3.05) is 6.54 Å². The monoisotopic (exact) mass is 367 g/mol. The van der Waals surface area contributed by atoms with Crippen LogP contribution in [0.15, 0.2) is 54.6 Å². The second-order valence-electron chi connectivity index (χ2n) is 7.37. The quantitative estimate of drug-likeness (QED) is 0.626. The highest BCUT2D eigenvalue weighted by Crippen LogP contribution is 2.22. The van der Waals surface area contributed by atoms with Crippen LogP contribution >= 0.6 is 0 Å². The van der Waals surface area contributed by atoms with Crippen molar-refractivity contribution in [2.24, 2.45) is 0 Å². The molecule has 0 aliphatic carbocycles. The average molecular weight is 367 g/mol. The SMILES string of the molecule is CC(OC(=O)CNC(=O)c1ccc(C(C)(C)C)cc1)C(=O)c1ccccc1. The predicted molar refractivity (Wildman–Crippen MR) is 104 cm³/mol. The molecular formula is C22H25NO4. The Morgan fingerprint density at radius 3 is 2.07 bits per heavy atom. The maximum absolute atomic E-state index is 12.2. The van der Waals surface area contributed by atoms with Crippen LogP contribution in [0.1, 0.15) is 54.0 Å². The molecule has 0 aliphatic heterocycles. The summed E-state index contributed by atoms with van der Waals surface area (Å²) in [7, 11) is 0. The normalized spacial score (nSPS) is 12.1. The highest BCUT2D eigenvalue weighted by Gasteiger charge is 2.20. The van der Waals surface area contributed by atoms with E-state index in [0.717, 1.165) is 5.56 Å². The van der Waals surface area contributed by atoms with Gasteiger partial charge in [0.05, 0.1) is 0 Å². The second-order valence-corrected chi connectivity index (χ2v) is 7.37. The zero-order valence-electron chi connectivity index (χ0n) is 16.1. The number of ketones is 1. The number of rotatable bonds is 6. The first kappa shape index (κ1) is 20.4. The van der Waals surface area contributed by atoms with Crippen molar-refractivity contribution in [3.05, 3.63) is 71.3 Å². The summed E-state index contributed by atoms with van der Waals surface area (Å²) >= 11 is 0. The molecular weight excluding hydrogens is 342 g/mol. The highest BCUT2D eigenvalue weighted by molar-refractivity contribution is 6.00. The molecule has 0 heterocycles. The maximum atomic E-state index is 12.2. The molecule has 0 aliphatic rings. The average Bonchev–Trinajstić information content (AvgIpc) is 2.65. The summed E-state index contributed by atoms with van der Waals surface area (Å²) in [6.07, 6.45) is -0.914. The Morgan fingerprint density at radius 2 is 1.52 bits per heavy atom. The highest BCUT2D eigenvalue weighted by atomic mass is 16.5. The van der Waals surface area contributed by atoms with Crippen LogP contribution in [0.2, 0.25) is 0 Å². The summed E-state index contributed by atoms with van der Waals surface area (Å²) in [5.74, 6) is -1.31. The van der Waals surface area contributed by atoms with Gasteiger partial charge in [-0.1, -0.05) is 63.2 Å². The van der Waals surface area contributed by atoms with Crippen LogP contribution in [0.5, 0.6) is 0 Å². The van der Waals surface area contributed by atoms with E-state index in [9.17, 15) is 14.4 Å². The lowest BCUT2D eigenvalue weighted by molar-refractivity contribution is -0.145. The summed E-state index contributed by atoms with van der Waals surface area (Å²) in [4.78, 5) is 36.3. The van der Waals surface area contributed by atoms with Crippen molar-refractivity contribution in [3.8, 4) is 0 Å². The van der Waals surface area contributed by atoms with Crippen molar-refractivity contribution in [1.29, 1.82) is 0 Å². The van der Waals surface area contributed by atoms with Gasteiger partial charge in [0.1, 0.15) is 6.54 Å². The van der Waals surface area contributed by atoms with Gasteiger partial charge < -0.3 is 10.1 Å². The predicted octanol–water partition coefficient (Wildman–Crippen LogP) is 3.53. The van der Waals surface area contributed by atoms with E-state index in [0.29, 0.717) is 11.1 Å². The number of hydrogen-bond acceptors (Lipinski definition) is 4. The second kappa shape index (κ2) is 8.62. The number of ether oxygens (including phenoxy) is 1. The summed E-state index contributed by atoms with van der Waals surface area (Å²) in [5.41, 5.74) is 2.05. The number of carbonyl (C=O) groups is 3. The molecule has 5 heteroatoms. The number of Topliss-reactive ketones (excluding diaryl/α,β-unsaturated/α-hetero) is 1. The van der Waals surface area contributed by atoms with E-state index >= 15 is 0 Å². The van der Waals surface area contributed by atoms with Gasteiger partial charge >= 0.3 is 5.97 Å². The van der Waals surface area contributed by atoms with Crippen LogP contribution in [-0.4, -0.2) is 30.3 Å². The van der Waals surface area contributed by atoms with Gasteiger partial charge in [0.15, 0.2) is 6.10 Å². The molecule has 0 bridgehead atoms. The van der Waals surface area contributed by atoms with Crippen LogP contribution < -0.4 is 5.32 Å². The lowest BCUT2D eigenvalue weighted by Crippen LogP contribution is -2.34. The molecule has 142 valence electrons. The van der Waals surface area contributed by atoms with E-state index in [1.807, 2.05) is 12.1 Å². The third kappa shape index (κ3) is 5.78. The van der Waals surface area contributed by atoms with Gasteiger partial charge in [0.25, 0.3) is 5.91 Å². The molecule has 27 heavy (non-hydrogen) atoms. The Kier molecular flexibility index (Phi) is 6.50. The standard InChI is InChI=1S/C22H25NO4/c1-15(20(25)16-8-6-5-7-9-16)27-19(24)14-23-21(26)17-10-12-18(13-11-17)22(2,3)4/h5-13,15H,14H2,1-4H3,(H,23,26). The van der Waals surface area contributed by atoms with Crippen molar-refractivity contribution in [1.82, 2.24) is 5.32 Å². The Morgan fingerprint density at radius 1 is 0.926 bits per heavy atom. The fraction of sp³-hybridized carbons (Fsp3) is 0.318. The molecule has 0 saturated heterocycles. The molecule has 1 N–H and O–H groups in total. The summed E-state index contributed by atoms with van der Waals surface area (Å²) < 4.78 is 5.11. The summed E-state index contributed by atoms with van der Waals surface area (Å²) in [6.45, 7) is 7.49. The number of esters is 1. The smallest absolute Gasteiger partial charge is 0.326 e. The third-order valence-corrected chi connectivity index (χ3v) is 4.14. The molecule has 0 radical (unpaired) electrons. The minimum absolute atomic E-state index is 0.000239. The van der Waals surface area contributed by atoms with Crippen LogP contribution in [0.25, 0.3) is 0 Å². The van der Waals surface area contributed by atoms with Gasteiger partial charge in [-0.15, -0.1) is 0 Å². The minimum atomic E-state index is -0.914. The molecule has 0 spiro atoms. The van der Waals surface area contributed by atoms with Crippen molar-refractivity contribution in [2.45, 2.75) is 39.2 Å². The number of hydrogen-bond donors (Lipinski definition) is 1. The zero-order valence-corrected chi connectivity index (χ0v) is 16.1. The lowest BCUT2D eigenvalue weighted by atomic mass is 9.87. The van der Waals surface area contributed by atoms with Crippen LogP contribution in [0.3, 0.4) is 0 Å². The topological polar surface area (TPSA) is 72.5 Å². The zero-order chi connectivity index (χ0) is 20.0. The summed E-state index contributed by atoms with van der Waals surface area (Å²) in [5, 5.41) is 2.52. The molecule has 2 rings (SSSR count). The lowest BCUT2D eigenvalue weighted by Gasteiger charge is -2.19. The fourth-order valence-corrected chi connectivity index (χ4v) is 2.51. The Balaban J connectivity index is 1.86. The van der Waals surface area contributed by atoms with Crippen molar-refractivity contribution < 1.29 is 19.1 Å². The van der Waals surface area contributed by atoms with Crippen molar-refractivity contribution >= 4 is 17.7 Å². The first-order valence-electron chi connectivity index (χ1n) is 8.86. The number of nitrogens with one attached hydrogen (secondary N) is 1. The first-order chi connectivity index (χ1) is 12.7. The first-order valence-corrected chi connectivity index (χ1v) is 8.86. The van der Waals surface area contributed by atoms with Gasteiger partial charge in [0, 0.05) is 11.1 Å². The molecule has 0 aromatic heterocycles. The minimum Gasteiger partial charge on any atom is -0.453 e. The van der Waals surface area contributed by atoms with Gasteiger partial charge in [-0.2, -0.15) is 0 Å². The van der Waals surface area contributed by atoms with E-state index in [-0.39, 0.29) is 23.7 Å². The number of carbonyl (C=O) groups excluding carboxylic acids is 3. The largest absolute Gasteiger partial charge is 0.453 e. The van der Waals surface area contributed by atoms with E-state index in [1.54, 1.807) is 42.5 Å². The molecule has 0 saturated carbocycles. The molecule has 1 amide bonds. The van der Waals surface area contributed by atoms with E-state index in [4.69, 9.17) is 4.74 Å². The van der Waals surface area contributed by atoms with Crippen molar-refractivity contribution in [3.63, 3.8) is 0 Å². The van der Waals surface area contributed by atoms with Crippen LogP contribution in [0, 0.1) is 0 Å².